The summed E-state index contributed by atoms with van der Waals surface area (Å²) < 4.78 is 16.2. The second-order valence-corrected chi connectivity index (χ2v) is 7.28. The van der Waals surface area contributed by atoms with Gasteiger partial charge in [0.15, 0.2) is 11.5 Å². The summed E-state index contributed by atoms with van der Waals surface area (Å²) in [4.78, 5) is 14.9. The van der Waals surface area contributed by atoms with Crippen LogP contribution >= 0.6 is 0 Å². The minimum absolute atomic E-state index is 0.108. The van der Waals surface area contributed by atoms with Gasteiger partial charge in [0.2, 0.25) is 12.7 Å². The maximum absolute atomic E-state index is 12.4. The van der Waals surface area contributed by atoms with Gasteiger partial charge in [-0.25, -0.2) is 0 Å². The summed E-state index contributed by atoms with van der Waals surface area (Å²) in [5.74, 6) is 2.25. The molecule has 0 aromatic heterocycles. The van der Waals surface area contributed by atoms with Crippen LogP contribution in [0.1, 0.15) is 38.7 Å². The molecule has 150 valence electrons. The third-order valence-electron chi connectivity index (χ3n) is 5.69. The van der Waals surface area contributed by atoms with Crippen molar-refractivity contribution in [2.75, 3.05) is 39.6 Å². The highest BCUT2D eigenvalue weighted by atomic mass is 16.7. The molecule has 1 unspecified atom stereocenters. The van der Waals surface area contributed by atoms with Crippen molar-refractivity contribution < 1.29 is 19.0 Å². The Bertz CT molecular complexity index is 612. The highest BCUT2D eigenvalue weighted by Gasteiger charge is 2.27. The molecule has 1 atom stereocenters. The first-order chi connectivity index (χ1) is 13.2. The van der Waals surface area contributed by atoms with Gasteiger partial charge in [-0.15, -0.1) is 0 Å². The topological polar surface area (TPSA) is 60.0 Å². The molecular formula is C21H32N2O4. The van der Waals surface area contributed by atoms with Gasteiger partial charge in [0.25, 0.3) is 0 Å². The van der Waals surface area contributed by atoms with Crippen LogP contribution < -0.4 is 14.8 Å². The molecule has 1 saturated heterocycles. The van der Waals surface area contributed by atoms with E-state index in [-0.39, 0.29) is 12.7 Å². The van der Waals surface area contributed by atoms with Crippen LogP contribution in [0.15, 0.2) is 18.2 Å². The van der Waals surface area contributed by atoms with Crippen molar-refractivity contribution >= 4 is 5.91 Å². The first kappa shape index (κ1) is 20.0. The molecule has 1 aromatic carbocycles. The van der Waals surface area contributed by atoms with Crippen LogP contribution in [0.2, 0.25) is 0 Å². The highest BCUT2D eigenvalue weighted by molar-refractivity contribution is 5.76. The standard InChI is InChI=1S/C21H32N2O4/c1-3-17(4-2)18(23-9-11-25-12-10-23)14-22-21(24)8-6-16-5-7-19-20(13-16)27-15-26-19/h5,7,13,17-18H,3-4,6,8-12,14-15H2,1-2H3,(H,22,24). The number of nitrogens with zero attached hydrogens (tertiary/aromatic N) is 1. The zero-order valence-electron chi connectivity index (χ0n) is 16.5. The van der Waals surface area contributed by atoms with Gasteiger partial charge in [-0.2, -0.15) is 0 Å². The maximum atomic E-state index is 12.4. The predicted octanol–water partition coefficient (Wildman–Crippen LogP) is 2.60. The summed E-state index contributed by atoms with van der Waals surface area (Å²) in [5.41, 5.74) is 1.10. The Morgan fingerprint density at radius 2 is 1.89 bits per heavy atom. The van der Waals surface area contributed by atoms with Gasteiger partial charge in [-0.3, -0.25) is 9.69 Å². The molecule has 0 bridgehead atoms. The van der Waals surface area contributed by atoms with Crippen LogP contribution in [-0.4, -0.2) is 56.5 Å². The average molecular weight is 376 g/mol. The number of carbonyl (C=O) groups is 1. The molecule has 1 fully saturated rings. The molecule has 0 saturated carbocycles. The Morgan fingerprint density at radius 3 is 2.63 bits per heavy atom. The molecule has 1 N–H and O–H groups in total. The number of fused-ring (bicyclic) bond motifs is 1. The fourth-order valence-electron chi connectivity index (χ4n) is 4.00. The van der Waals surface area contributed by atoms with E-state index in [1.807, 2.05) is 18.2 Å². The Labute approximate surface area is 162 Å². The van der Waals surface area contributed by atoms with Crippen molar-refractivity contribution in [1.82, 2.24) is 10.2 Å². The molecule has 6 nitrogen and oxygen atoms in total. The molecule has 0 aliphatic carbocycles. The molecule has 3 rings (SSSR count). The summed E-state index contributed by atoms with van der Waals surface area (Å²) in [5, 5.41) is 3.17. The van der Waals surface area contributed by atoms with E-state index in [1.165, 1.54) is 0 Å². The fraction of sp³-hybridized carbons (Fsp3) is 0.667. The molecule has 0 radical (unpaired) electrons. The average Bonchev–Trinajstić information content (AvgIpc) is 3.18. The number of aryl methyl sites for hydroxylation is 1. The molecular weight excluding hydrogens is 344 g/mol. The third-order valence-corrected chi connectivity index (χ3v) is 5.69. The molecule has 2 aliphatic rings. The van der Waals surface area contributed by atoms with Crippen LogP contribution in [0.4, 0.5) is 0 Å². The number of hydrogen-bond donors (Lipinski definition) is 1. The SMILES string of the molecule is CCC(CC)C(CNC(=O)CCc1ccc2c(c1)OCO2)N1CCOCC1. The lowest BCUT2D eigenvalue weighted by molar-refractivity contribution is -0.121. The van der Waals surface area contributed by atoms with Crippen molar-refractivity contribution in [1.29, 1.82) is 0 Å². The zero-order chi connectivity index (χ0) is 19.1. The summed E-state index contributed by atoms with van der Waals surface area (Å²) in [6.45, 7) is 8.95. The Hall–Kier alpha value is -1.79. The molecule has 2 heterocycles. The third kappa shape index (κ3) is 5.36. The van der Waals surface area contributed by atoms with Gasteiger partial charge < -0.3 is 19.5 Å². The summed E-state index contributed by atoms with van der Waals surface area (Å²) in [7, 11) is 0. The van der Waals surface area contributed by atoms with E-state index in [0.29, 0.717) is 31.3 Å². The van der Waals surface area contributed by atoms with Crippen molar-refractivity contribution in [3.8, 4) is 11.5 Å². The summed E-state index contributed by atoms with van der Waals surface area (Å²) >= 11 is 0. The van der Waals surface area contributed by atoms with Crippen LogP contribution in [0.25, 0.3) is 0 Å². The van der Waals surface area contributed by atoms with Crippen LogP contribution in [0.3, 0.4) is 0 Å². The lowest BCUT2D eigenvalue weighted by atomic mass is 9.92. The van der Waals surface area contributed by atoms with E-state index in [2.05, 4.69) is 24.1 Å². The lowest BCUT2D eigenvalue weighted by Gasteiger charge is -2.38. The predicted molar refractivity (Wildman–Crippen MR) is 104 cm³/mol. The van der Waals surface area contributed by atoms with E-state index in [1.54, 1.807) is 0 Å². The number of nitrogens with one attached hydrogen (secondary N) is 1. The maximum Gasteiger partial charge on any atom is 0.231 e. The Kier molecular flexibility index (Phi) is 7.35. The molecule has 1 aromatic rings. The normalized spacial score (nSPS) is 17.9. The van der Waals surface area contributed by atoms with Crippen LogP contribution in [0.5, 0.6) is 11.5 Å². The van der Waals surface area contributed by atoms with Gasteiger partial charge >= 0.3 is 0 Å². The monoisotopic (exact) mass is 376 g/mol. The summed E-state index contributed by atoms with van der Waals surface area (Å²) in [6.07, 6.45) is 3.45. The van der Waals surface area contributed by atoms with Crippen molar-refractivity contribution in [3.05, 3.63) is 23.8 Å². The van der Waals surface area contributed by atoms with E-state index >= 15 is 0 Å². The number of carbonyl (C=O) groups excluding carboxylic acids is 1. The minimum Gasteiger partial charge on any atom is -0.454 e. The van der Waals surface area contributed by atoms with Gasteiger partial charge in [-0.1, -0.05) is 32.8 Å². The molecule has 27 heavy (non-hydrogen) atoms. The van der Waals surface area contributed by atoms with Crippen LogP contribution in [-0.2, 0) is 16.0 Å². The highest BCUT2D eigenvalue weighted by Crippen LogP contribution is 2.32. The van der Waals surface area contributed by atoms with E-state index in [9.17, 15) is 4.79 Å². The molecule has 1 amide bonds. The van der Waals surface area contributed by atoms with E-state index in [4.69, 9.17) is 14.2 Å². The van der Waals surface area contributed by atoms with Gasteiger partial charge in [0.05, 0.1) is 13.2 Å². The number of ether oxygens (including phenoxy) is 3. The number of amides is 1. The first-order valence-electron chi connectivity index (χ1n) is 10.2. The van der Waals surface area contributed by atoms with Crippen LogP contribution in [0, 0.1) is 5.92 Å². The van der Waals surface area contributed by atoms with E-state index < -0.39 is 0 Å². The quantitative estimate of drug-likeness (QED) is 0.718. The van der Waals surface area contributed by atoms with Gasteiger partial charge in [-0.05, 0) is 30.0 Å². The van der Waals surface area contributed by atoms with Gasteiger partial charge in [0, 0.05) is 32.1 Å². The summed E-state index contributed by atoms with van der Waals surface area (Å²) in [6, 6.07) is 6.27. The lowest BCUT2D eigenvalue weighted by Crippen LogP contribution is -2.52. The molecule has 2 aliphatic heterocycles. The number of morpholine rings is 1. The largest absolute Gasteiger partial charge is 0.454 e. The van der Waals surface area contributed by atoms with E-state index in [0.717, 1.165) is 56.2 Å². The second kappa shape index (κ2) is 9.95. The number of hydrogen-bond acceptors (Lipinski definition) is 5. The van der Waals surface area contributed by atoms with Gasteiger partial charge in [0.1, 0.15) is 0 Å². The number of rotatable bonds is 9. The minimum atomic E-state index is 0.108. The molecule has 0 spiro atoms. The fourth-order valence-corrected chi connectivity index (χ4v) is 4.00. The zero-order valence-corrected chi connectivity index (χ0v) is 16.5. The first-order valence-corrected chi connectivity index (χ1v) is 10.2. The Balaban J connectivity index is 1.49. The van der Waals surface area contributed by atoms with Crippen molar-refractivity contribution in [3.63, 3.8) is 0 Å². The molecule has 6 heteroatoms. The second-order valence-electron chi connectivity index (χ2n) is 7.28. The van der Waals surface area contributed by atoms with Crippen molar-refractivity contribution in [2.24, 2.45) is 5.92 Å². The smallest absolute Gasteiger partial charge is 0.231 e. The van der Waals surface area contributed by atoms with Crippen molar-refractivity contribution in [2.45, 2.75) is 45.6 Å². The Morgan fingerprint density at radius 1 is 1.15 bits per heavy atom. The number of benzene rings is 1.